The molecule has 1 amide bonds. The molecular formula is C14H20N2O3. The van der Waals surface area contributed by atoms with E-state index in [2.05, 4.69) is 4.98 Å². The maximum atomic E-state index is 12.5. The number of carbonyl (C=O) groups is 1. The number of methoxy groups -OCH3 is 2. The van der Waals surface area contributed by atoms with Gasteiger partial charge >= 0.3 is 0 Å². The number of aryl methyl sites for hydroxylation is 1. The minimum atomic E-state index is -0.0402. The van der Waals surface area contributed by atoms with Crippen LogP contribution in [-0.4, -0.2) is 49.2 Å². The summed E-state index contributed by atoms with van der Waals surface area (Å²) in [5, 5.41) is 0. The summed E-state index contributed by atoms with van der Waals surface area (Å²) >= 11 is 0. The third kappa shape index (κ3) is 3.04. The van der Waals surface area contributed by atoms with E-state index >= 15 is 0 Å². The average molecular weight is 264 g/mol. The number of aromatic nitrogens is 1. The van der Waals surface area contributed by atoms with Crippen LogP contribution in [0.5, 0.6) is 5.75 Å². The van der Waals surface area contributed by atoms with E-state index < -0.39 is 0 Å². The van der Waals surface area contributed by atoms with Crippen LogP contribution in [0.1, 0.15) is 29.0 Å². The van der Waals surface area contributed by atoms with Crippen molar-refractivity contribution in [3.8, 4) is 5.75 Å². The van der Waals surface area contributed by atoms with Gasteiger partial charge in [-0.05, 0) is 19.8 Å². The molecule has 1 aromatic rings. The van der Waals surface area contributed by atoms with Crippen molar-refractivity contribution in [3.05, 3.63) is 23.5 Å². The Morgan fingerprint density at radius 2 is 2.26 bits per heavy atom. The van der Waals surface area contributed by atoms with Crippen molar-refractivity contribution in [2.75, 3.05) is 27.4 Å². The molecule has 5 heteroatoms. The van der Waals surface area contributed by atoms with Crippen LogP contribution in [0.15, 0.2) is 12.1 Å². The molecule has 0 unspecified atom stereocenters. The first kappa shape index (κ1) is 13.8. The summed E-state index contributed by atoms with van der Waals surface area (Å²) in [4.78, 5) is 18.7. The van der Waals surface area contributed by atoms with Gasteiger partial charge in [-0.15, -0.1) is 0 Å². The zero-order valence-corrected chi connectivity index (χ0v) is 11.7. The minimum absolute atomic E-state index is 0.0402. The highest BCUT2D eigenvalue weighted by Crippen LogP contribution is 2.21. The van der Waals surface area contributed by atoms with Crippen LogP contribution >= 0.6 is 0 Å². The first-order chi connectivity index (χ1) is 9.15. The number of hydrogen-bond donors (Lipinski definition) is 0. The predicted octanol–water partition coefficient (Wildman–Crippen LogP) is 1.65. The number of rotatable bonds is 4. The Morgan fingerprint density at radius 1 is 1.47 bits per heavy atom. The standard InChI is InChI=1S/C14H20N2O3/c1-10-7-12(19-3)8-13(15-10)14(17)16-6-4-5-11(16)9-18-2/h7-8,11H,4-6,9H2,1-3H3/t11-/m1/s1. The molecule has 1 atom stereocenters. The van der Waals surface area contributed by atoms with Crippen LogP contribution < -0.4 is 4.74 Å². The Bertz CT molecular complexity index is 462. The van der Waals surface area contributed by atoms with E-state index in [-0.39, 0.29) is 11.9 Å². The van der Waals surface area contributed by atoms with E-state index in [1.807, 2.05) is 17.9 Å². The smallest absolute Gasteiger partial charge is 0.272 e. The van der Waals surface area contributed by atoms with Gasteiger partial charge in [0.1, 0.15) is 11.4 Å². The predicted molar refractivity (Wildman–Crippen MR) is 71.5 cm³/mol. The lowest BCUT2D eigenvalue weighted by molar-refractivity contribution is 0.0624. The zero-order valence-electron chi connectivity index (χ0n) is 11.7. The summed E-state index contributed by atoms with van der Waals surface area (Å²) in [7, 11) is 3.25. The molecule has 1 aliphatic heterocycles. The topological polar surface area (TPSA) is 51.7 Å². The number of likely N-dealkylation sites (tertiary alicyclic amines) is 1. The van der Waals surface area contributed by atoms with Gasteiger partial charge in [-0.1, -0.05) is 0 Å². The molecule has 1 saturated heterocycles. The van der Waals surface area contributed by atoms with Gasteiger partial charge < -0.3 is 14.4 Å². The third-order valence-electron chi connectivity index (χ3n) is 3.38. The Hall–Kier alpha value is -1.62. The molecule has 0 aromatic carbocycles. The molecule has 0 spiro atoms. The van der Waals surface area contributed by atoms with Gasteiger partial charge in [0, 0.05) is 31.5 Å². The summed E-state index contributed by atoms with van der Waals surface area (Å²) in [5.41, 5.74) is 1.23. The van der Waals surface area contributed by atoms with Gasteiger partial charge in [-0.3, -0.25) is 4.79 Å². The van der Waals surface area contributed by atoms with Crippen molar-refractivity contribution < 1.29 is 14.3 Å². The minimum Gasteiger partial charge on any atom is -0.497 e. The normalized spacial score (nSPS) is 18.7. The summed E-state index contributed by atoms with van der Waals surface area (Å²) in [6.07, 6.45) is 2.01. The van der Waals surface area contributed by atoms with Crippen molar-refractivity contribution in [2.45, 2.75) is 25.8 Å². The summed E-state index contributed by atoms with van der Waals surface area (Å²) in [6.45, 7) is 3.20. The van der Waals surface area contributed by atoms with E-state index in [4.69, 9.17) is 9.47 Å². The second-order valence-electron chi connectivity index (χ2n) is 4.78. The number of pyridine rings is 1. The molecule has 5 nitrogen and oxygen atoms in total. The lowest BCUT2D eigenvalue weighted by Gasteiger charge is -2.24. The van der Waals surface area contributed by atoms with Crippen molar-refractivity contribution in [1.82, 2.24) is 9.88 Å². The molecule has 2 heterocycles. The van der Waals surface area contributed by atoms with Gasteiger partial charge in [-0.2, -0.15) is 0 Å². The molecule has 1 aliphatic rings. The first-order valence-electron chi connectivity index (χ1n) is 6.48. The second-order valence-corrected chi connectivity index (χ2v) is 4.78. The molecule has 0 aliphatic carbocycles. The summed E-state index contributed by atoms with van der Waals surface area (Å²) in [6, 6.07) is 3.66. The van der Waals surface area contributed by atoms with Crippen LogP contribution in [0.25, 0.3) is 0 Å². The van der Waals surface area contributed by atoms with Crippen molar-refractivity contribution in [3.63, 3.8) is 0 Å². The summed E-state index contributed by atoms with van der Waals surface area (Å²) in [5.74, 6) is 0.625. The second kappa shape index (κ2) is 6.02. The fourth-order valence-corrected chi connectivity index (χ4v) is 2.48. The third-order valence-corrected chi connectivity index (χ3v) is 3.38. The number of ether oxygens (including phenoxy) is 2. The number of amides is 1. The quantitative estimate of drug-likeness (QED) is 0.829. The average Bonchev–Trinajstić information content (AvgIpc) is 2.85. The Kier molecular flexibility index (Phi) is 4.37. The van der Waals surface area contributed by atoms with Crippen LogP contribution in [0, 0.1) is 6.92 Å². The summed E-state index contributed by atoms with van der Waals surface area (Å²) < 4.78 is 10.4. The van der Waals surface area contributed by atoms with Gasteiger partial charge in [0.25, 0.3) is 5.91 Å². The highest BCUT2D eigenvalue weighted by atomic mass is 16.5. The molecule has 1 aromatic heterocycles. The molecule has 19 heavy (non-hydrogen) atoms. The molecule has 2 rings (SSSR count). The molecule has 0 bridgehead atoms. The SMILES string of the molecule is COC[C@H]1CCCN1C(=O)c1cc(OC)cc(C)n1. The molecule has 0 N–H and O–H groups in total. The van der Waals surface area contributed by atoms with Crippen LogP contribution in [-0.2, 0) is 4.74 Å². The van der Waals surface area contributed by atoms with E-state index in [0.29, 0.717) is 18.1 Å². The lowest BCUT2D eigenvalue weighted by atomic mass is 10.2. The Morgan fingerprint density at radius 3 is 2.95 bits per heavy atom. The molecule has 0 saturated carbocycles. The Balaban J connectivity index is 2.21. The Labute approximate surface area is 113 Å². The molecule has 0 radical (unpaired) electrons. The van der Waals surface area contributed by atoms with Gasteiger partial charge in [-0.25, -0.2) is 4.98 Å². The van der Waals surface area contributed by atoms with Crippen molar-refractivity contribution in [2.24, 2.45) is 0 Å². The molecule has 1 fully saturated rings. The largest absolute Gasteiger partial charge is 0.497 e. The van der Waals surface area contributed by atoms with Gasteiger partial charge in [0.15, 0.2) is 0 Å². The monoisotopic (exact) mass is 264 g/mol. The molecule has 104 valence electrons. The lowest BCUT2D eigenvalue weighted by Crippen LogP contribution is -2.38. The highest BCUT2D eigenvalue weighted by molar-refractivity contribution is 5.93. The van der Waals surface area contributed by atoms with E-state index in [1.165, 1.54) is 0 Å². The van der Waals surface area contributed by atoms with Crippen molar-refractivity contribution in [1.29, 1.82) is 0 Å². The van der Waals surface area contributed by atoms with Gasteiger partial charge in [0.2, 0.25) is 0 Å². The van der Waals surface area contributed by atoms with E-state index in [9.17, 15) is 4.79 Å². The van der Waals surface area contributed by atoms with Gasteiger partial charge in [0.05, 0.1) is 19.8 Å². The highest BCUT2D eigenvalue weighted by Gasteiger charge is 2.30. The first-order valence-corrected chi connectivity index (χ1v) is 6.48. The number of hydrogen-bond acceptors (Lipinski definition) is 4. The maximum absolute atomic E-state index is 12.5. The van der Waals surface area contributed by atoms with E-state index in [0.717, 1.165) is 25.1 Å². The number of carbonyl (C=O) groups excluding carboxylic acids is 1. The van der Waals surface area contributed by atoms with Crippen LogP contribution in [0.2, 0.25) is 0 Å². The number of nitrogens with zero attached hydrogens (tertiary/aromatic N) is 2. The zero-order chi connectivity index (χ0) is 13.8. The van der Waals surface area contributed by atoms with Crippen LogP contribution in [0.3, 0.4) is 0 Å². The fourth-order valence-electron chi connectivity index (χ4n) is 2.48. The fraction of sp³-hybridized carbons (Fsp3) is 0.571. The molecular weight excluding hydrogens is 244 g/mol. The maximum Gasteiger partial charge on any atom is 0.272 e. The van der Waals surface area contributed by atoms with Crippen molar-refractivity contribution >= 4 is 5.91 Å². The van der Waals surface area contributed by atoms with Crippen LogP contribution in [0.4, 0.5) is 0 Å². The van der Waals surface area contributed by atoms with E-state index in [1.54, 1.807) is 20.3 Å².